The monoisotopic (exact) mass is 357 g/mol. The second-order valence-electron chi connectivity index (χ2n) is 6.51. The van der Waals surface area contributed by atoms with Gasteiger partial charge in [-0.05, 0) is 12.5 Å². The molecule has 0 bridgehead atoms. The van der Waals surface area contributed by atoms with Crippen molar-refractivity contribution in [2.75, 3.05) is 26.7 Å². The third-order valence-electron chi connectivity index (χ3n) is 4.76. The van der Waals surface area contributed by atoms with Gasteiger partial charge >= 0.3 is 0 Å². The summed E-state index contributed by atoms with van der Waals surface area (Å²) in [5, 5.41) is 0. The van der Waals surface area contributed by atoms with Crippen LogP contribution in [0.4, 0.5) is 0 Å². The molecule has 1 atom stereocenters. The molecule has 6 heteroatoms. The molecule has 132 valence electrons. The summed E-state index contributed by atoms with van der Waals surface area (Å²) in [6.07, 6.45) is 1.29. The van der Waals surface area contributed by atoms with E-state index in [4.69, 9.17) is 0 Å². The van der Waals surface area contributed by atoms with Crippen LogP contribution in [0.3, 0.4) is 0 Å². The topological polar surface area (TPSA) is 53.5 Å². The van der Waals surface area contributed by atoms with Crippen molar-refractivity contribution in [2.45, 2.75) is 25.7 Å². The average molecular weight is 357 g/mol. The molecule has 0 unspecified atom stereocenters. The summed E-state index contributed by atoms with van der Waals surface area (Å²) in [6, 6.07) is 10.0. The zero-order valence-corrected chi connectivity index (χ0v) is 15.5. The Balaban J connectivity index is 1.52. The van der Waals surface area contributed by atoms with Gasteiger partial charge in [-0.15, -0.1) is 11.3 Å². The summed E-state index contributed by atoms with van der Waals surface area (Å²) in [4.78, 5) is 33.5. The molecular weight excluding hydrogens is 334 g/mol. The van der Waals surface area contributed by atoms with Crippen molar-refractivity contribution < 1.29 is 9.59 Å². The number of carbonyl (C=O) groups excluding carboxylic acids is 2. The molecule has 2 aromatic rings. The number of aromatic nitrogens is 1. The maximum absolute atomic E-state index is 12.5. The summed E-state index contributed by atoms with van der Waals surface area (Å²) in [5.74, 6) is 0.241. The number of nitrogens with zero attached hydrogens (tertiary/aromatic N) is 3. The highest BCUT2D eigenvalue weighted by Gasteiger charge is 2.32. The first kappa shape index (κ1) is 17.6. The second-order valence-corrected chi connectivity index (χ2v) is 7.45. The first-order valence-electron chi connectivity index (χ1n) is 8.50. The molecule has 1 aromatic heterocycles. The van der Waals surface area contributed by atoms with E-state index in [2.05, 4.69) is 4.98 Å². The van der Waals surface area contributed by atoms with E-state index in [1.165, 1.54) is 10.4 Å². The summed E-state index contributed by atoms with van der Waals surface area (Å²) in [6.45, 7) is 3.42. The van der Waals surface area contributed by atoms with E-state index < -0.39 is 0 Å². The lowest BCUT2D eigenvalue weighted by molar-refractivity contribution is -0.137. The van der Waals surface area contributed by atoms with Gasteiger partial charge in [-0.25, -0.2) is 4.98 Å². The number of carbonyl (C=O) groups is 2. The Morgan fingerprint density at radius 1 is 1.36 bits per heavy atom. The van der Waals surface area contributed by atoms with Crippen molar-refractivity contribution in [3.8, 4) is 0 Å². The maximum atomic E-state index is 12.5. The van der Waals surface area contributed by atoms with Crippen molar-refractivity contribution in [1.82, 2.24) is 14.8 Å². The minimum Gasteiger partial charge on any atom is -0.344 e. The molecule has 0 aliphatic carbocycles. The molecule has 1 saturated heterocycles. The smallest absolute Gasteiger partial charge is 0.241 e. The van der Waals surface area contributed by atoms with Crippen molar-refractivity contribution >= 4 is 23.2 Å². The Kier molecular flexibility index (Phi) is 5.48. The lowest BCUT2D eigenvalue weighted by Crippen LogP contribution is -2.39. The average Bonchev–Trinajstić information content (AvgIpc) is 3.19. The summed E-state index contributed by atoms with van der Waals surface area (Å²) in [7, 11) is 1.80. The van der Waals surface area contributed by atoms with Crippen molar-refractivity contribution in [1.29, 1.82) is 0 Å². The predicted molar refractivity (Wildman–Crippen MR) is 98.6 cm³/mol. The predicted octanol–water partition coefficient (Wildman–Crippen LogP) is 2.47. The van der Waals surface area contributed by atoms with E-state index >= 15 is 0 Å². The van der Waals surface area contributed by atoms with Crippen molar-refractivity contribution in [3.63, 3.8) is 0 Å². The van der Waals surface area contributed by atoms with Gasteiger partial charge < -0.3 is 9.80 Å². The molecule has 0 saturated carbocycles. The number of benzene rings is 1. The minimum absolute atomic E-state index is 0.00997. The Hall–Kier alpha value is -2.21. The van der Waals surface area contributed by atoms with Crippen LogP contribution < -0.4 is 0 Å². The number of rotatable bonds is 6. The van der Waals surface area contributed by atoms with Crippen LogP contribution in [-0.4, -0.2) is 53.3 Å². The van der Waals surface area contributed by atoms with Gasteiger partial charge in [0.15, 0.2) is 0 Å². The largest absolute Gasteiger partial charge is 0.344 e. The van der Waals surface area contributed by atoms with Gasteiger partial charge in [0, 0.05) is 43.8 Å². The van der Waals surface area contributed by atoms with E-state index in [9.17, 15) is 9.59 Å². The van der Waals surface area contributed by atoms with Crippen LogP contribution in [0.2, 0.25) is 0 Å². The Morgan fingerprint density at radius 3 is 2.80 bits per heavy atom. The molecule has 5 nitrogen and oxygen atoms in total. The van der Waals surface area contributed by atoms with Crippen LogP contribution >= 0.6 is 11.3 Å². The SMILES string of the molecule is Cc1ncsc1CCN(C)C(=O)CN1C[C@H](c2ccccc2)CC1=O. The number of hydrogen-bond donors (Lipinski definition) is 0. The molecule has 2 amide bonds. The molecule has 0 spiro atoms. The van der Waals surface area contributed by atoms with Gasteiger partial charge in [-0.3, -0.25) is 9.59 Å². The van der Waals surface area contributed by atoms with Crippen LogP contribution in [0.1, 0.15) is 28.5 Å². The second kappa shape index (κ2) is 7.78. The lowest BCUT2D eigenvalue weighted by Gasteiger charge is -2.22. The van der Waals surface area contributed by atoms with Gasteiger partial charge in [0.05, 0.1) is 17.7 Å². The Morgan fingerprint density at radius 2 is 2.12 bits per heavy atom. The van der Waals surface area contributed by atoms with Crippen molar-refractivity contribution in [3.05, 3.63) is 52.0 Å². The van der Waals surface area contributed by atoms with Gasteiger partial charge in [0.2, 0.25) is 11.8 Å². The van der Waals surface area contributed by atoms with E-state index in [0.29, 0.717) is 19.5 Å². The van der Waals surface area contributed by atoms with Crippen LogP contribution in [0.5, 0.6) is 0 Å². The number of amides is 2. The first-order valence-corrected chi connectivity index (χ1v) is 9.38. The zero-order valence-electron chi connectivity index (χ0n) is 14.6. The first-order chi connectivity index (χ1) is 12.0. The lowest BCUT2D eigenvalue weighted by atomic mass is 9.99. The third-order valence-corrected chi connectivity index (χ3v) is 5.75. The van der Waals surface area contributed by atoms with Crippen molar-refractivity contribution in [2.24, 2.45) is 0 Å². The van der Waals surface area contributed by atoms with E-state index in [1.54, 1.807) is 28.2 Å². The highest BCUT2D eigenvalue weighted by Crippen LogP contribution is 2.27. The van der Waals surface area contributed by atoms with Crippen LogP contribution in [0.15, 0.2) is 35.8 Å². The molecule has 1 aliphatic heterocycles. The number of aryl methyl sites for hydroxylation is 1. The molecule has 1 aromatic carbocycles. The highest BCUT2D eigenvalue weighted by atomic mass is 32.1. The minimum atomic E-state index is -0.00997. The summed E-state index contributed by atoms with van der Waals surface area (Å²) >= 11 is 1.62. The third kappa shape index (κ3) is 4.25. The van der Waals surface area contributed by atoms with E-state index in [0.717, 1.165) is 12.1 Å². The fraction of sp³-hybridized carbons (Fsp3) is 0.421. The van der Waals surface area contributed by atoms with Crippen LogP contribution in [0.25, 0.3) is 0 Å². The molecule has 0 radical (unpaired) electrons. The van der Waals surface area contributed by atoms with E-state index in [1.807, 2.05) is 42.8 Å². The number of likely N-dealkylation sites (tertiary alicyclic amines) is 1. The summed E-state index contributed by atoms with van der Waals surface area (Å²) in [5.41, 5.74) is 4.03. The molecule has 2 heterocycles. The highest BCUT2D eigenvalue weighted by molar-refractivity contribution is 7.09. The van der Waals surface area contributed by atoms with Gasteiger partial charge in [-0.1, -0.05) is 30.3 Å². The van der Waals surface area contributed by atoms with Gasteiger partial charge in [-0.2, -0.15) is 0 Å². The zero-order chi connectivity index (χ0) is 17.8. The maximum Gasteiger partial charge on any atom is 0.241 e. The number of likely N-dealkylation sites (N-methyl/N-ethyl adjacent to an activating group) is 1. The summed E-state index contributed by atoms with van der Waals surface area (Å²) < 4.78 is 0. The quantitative estimate of drug-likeness (QED) is 0.798. The number of thiazole rings is 1. The number of hydrogen-bond acceptors (Lipinski definition) is 4. The fourth-order valence-corrected chi connectivity index (χ4v) is 3.89. The van der Waals surface area contributed by atoms with Crippen LogP contribution in [0, 0.1) is 6.92 Å². The molecule has 3 rings (SSSR count). The molecule has 25 heavy (non-hydrogen) atoms. The standard InChI is InChI=1S/C19H23N3O2S/c1-14-17(25-13-20-14)8-9-21(2)19(24)12-22-11-16(10-18(22)23)15-6-4-3-5-7-15/h3-7,13,16H,8-12H2,1-2H3/t16-/m1/s1. The molecule has 1 fully saturated rings. The Bertz CT molecular complexity index is 744. The Labute approximate surface area is 152 Å². The van der Waals surface area contributed by atoms with Gasteiger partial charge in [0.25, 0.3) is 0 Å². The molecular formula is C19H23N3O2S. The molecule has 1 aliphatic rings. The van der Waals surface area contributed by atoms with E-state index in [-0.39, 0.29) is 24.3 Å². The van der Waals surface area contributed by atoms with Crippen LogP contribution in [-0.2, 0) is 16.0 Å². The fourth-order valence-electron chi connectivity index (χ4n) is 3.12. The normalized spacial score (nSPS) is 17.1. The molecule has 0 N–H and O–H groups in total. The van der Waals surface area contributed by atoms with Gasteiger partial charge in [0.1, 0.15) is 0 Å².